The predicted molar refractivity (Wildman–Crippen MR) is 106 cm³/mol. The molecule has 1 fully saturated rings. The van der Waals surface area contributed by atoms with Crippen molar-refractivity contribution in [3.05, 3.63) is 52.1 Å². The number of H-pyrrole nitrogens is 1. The average molecular weight is 389 g/mol. The highest BCUT2D eigenvalue weighted by molar-refractivity contribution is 7.05. The molecule has 0 aliphatic carbocycles. The Balaban J connectivity index is 1.51. The Bertz CT molecular complexity index is 886. The number of carbonyl (C=O) groups excluding carboxylic acids is 1. The number of rotatable bonds is 5. The van der Waals surface area contributed by atoms with Gasteiger partial charge in [-0.2, -0.15) is 0 Å². The van der Waals surface area contributed by atoms with E-state index in [4.69, 9.17) is 11.6 Å². The van der Waals surface area contributed by atoms with Crippen LogP contribution in [0.4, 0.5) is 0 Å². The zero-order chi connectivity index (χ0) is 17.9. The maximum absolute atomic E-state index is 12.8. The second kappa shape index (κ2) is 7.78. The van der Waals surface area contributed by atoms with Crippen molar-refractivity contribution in [2.24, 2.45) is 0 Å². The normalized spacial score (nSPS) is 16.7. The highest BCUT2D eigenvalue weighted by Gasteiger charge is 2.24. The zero-order valence-electron chi connectivity index (χ0n) is 14.4. The minimum atomic E-state index is -0.135. The van der Waals surface area contributed by atoms with Crippen LogP contribution in [0.25, 0.3) is 10.9 Å². The van der Waals surface area contributed by atoms with Crippen LogP contribution in [-0.4, -0.2) is 39.8 Å². The standard InChI is InChI=1S/C19H21ClN4OS/c20-18-13-6-8-21-15(13)5-4-14(18)19(25)22-12-16(17-7-9-23-26-17)24-10-2-1-3-11-24/h4-9,16,21H,1-3,10-12H2,(H,22,25). The molecule has 1 aliphatic rings. The SMILES string of the molecule is O=C(NCC(c1ccns1)N1CCCCC1)c1ccc2[nH]ccc2c1Cl. The number of likely N-dealkylation sites (tertiary alicyclic amines) is 1. The van der Waals surface area contributed by atoms with Crippen LogP contribution in [0.2, 0.25) is 5.02 Å². The molecule has 0 spiro atoms. The van der Waals surface area contributed by atoms with Gasteiger partial charge in [0, 0.05) is 34.7 Å². The summed E-state index contributed by atoms with van der Waals surface area (Å²) in [4.78, 5) is 19.5. The van der Waals surface area contributed by atoms with Crippen LogP contribution in [0.5, 0.6) is 0 Å². The topological polar surface area (TPSA) is 61.0 Å². The third-order valence-electron chi connectivity index (χ3n) is 4.99. The van der Waals surface area contributed by atoms with Gasteiger partial charge in [-0.05, 0) is 61.7 Å². The molecule has 3 aromatic rings. The van der Waals surface area contributed by atoms with Crippen LogP contribution in [-0.2, 0) is 0 Å². The van der Waals surface area contributed by atoms with Gasteiger partial charge >= 0.3 is 0 Å². The van der Waals surface area contributed by atoms with Gasteiger partial charge < -0.3 is 10.3 Å². The number of hydrogen-bond acceptors (Lipinski definition) is 4. The quantitative estimate of drug-likeness (QED) is 0.687. The van der Waals surface area contributed by atoms with E-state index in [2.05, 4.69) is 25.6 Å². The Kier molecular flexibility index (Phi) is 5.24. The minimum absolute atomic E-state index is 0.135. The van der Waals surface area contributed by atoms with E-state index in [9.17, 15) is 4.79 Å². The van der Waals surface area contributed by atoms with Gasteiger partial charge in [-0.15, -0.1) is 0 Å². The summed E-state index contributed by atoms with van der Waals surface area (Å²) in [7, 11) is 0. The smallest absolute Gasteiger partial charge is 0.252 e. The number of piperidine rings is 1. The summed E-state index contributed by atoms with van der Waals surface area (Å²) < 4.78 is 4.24. The maximum Gasteiger partial charge on any atom is 0.252 e. The van der Waals surface area contributed by atoms with Crippen molar-refractivity contribution in [2.45, 2.75) is 25.3 Å². The van der Waals surface area contributed by atoms with Gasteiger partial charge in [0.25, 0.3) is 5.91 Å². The predicted octanol–water partition coefficient (Wildman–Crippen LogP) is 4.23. The summed E-state index contributed by atoms with van der Waals surface area (Å²) in [6, 6.07) is 7.78. The van der Waals surface area contributed by atoms with Crippen molar-refractivity contribution in [1.29, 1.82) is 0 Å². The van der Waals surface area contributed by atoms with Gasteiger partial charge in [-0.25, -0.2) is 4.37 Å². The number of hydrogen-bond donors (Lipinski definition) is 2. The molecule has 1 saturated heterocycles. The molecule has 1 aromatic carbocycles. The molecule has 7 heteroatoms. The molecular formula is C19H21ClN4OS. The number of benzene rings is 1. The second-order valence-electron chi connectivity index (χ2n) is 6.60. The Morgan fingerprint density at radius 2 is 2.12 bits per heavy atom. The number of aromatic amines is 1. The first-order valence-electron chi connectivity index (χ1n) is 8.92. The van der Waals surface area contributed by atoms with E-state index in [0.717, 1.165) is 24.0 Å². The van der Waals surface area contributed by atoms with E-state index >= 15 is 0 Å². The summed E-state index contributed by atoms with van der Waals surface area (Å²) in [6.45, 7) is 2.69. The second-order valence-corrected chi connectivity index (χ2v) is 7.85. The fourth-order valence-corrected chi connectivity index (χ4v) is 4.63. The minimum Gasteiger partial charge on any atom is -0.361 e. The Morgan fingerprint density at radius 3 is 2.88 bits per heavy atom. The number of nitrogens with one attached hydrogen (secondary N) is 2. The molecule has 0 bridgehead atoms. The summed E-state index contributed by atoms with van der Waals surface area (Å²) in [6.07, 6.45) is 7.35. The third-order valence-corrected chi connectivity index (χ3v) is 6.24. The number of carbonyl (C=O) groups is 1. The van der Waals surface area contributed by atoms with E-state index in [-0.39, 0.29) is 11.9 Å². The van der Waals surface area contributed by atoms with E-state index < -0.39 is 0 Å². The number of aromatic nitrogens is 2. The van der Waals surface area contributed by atoms with Crippen molar-refractivity contribution in [3.63, 3.8) is 0 Å². The molecule has 3 heterocycles. The van der Waals surface area contributed by atoms with Gasteiger partial charge in [0.2, 0.25) is 0 Å². The molecule has 136 valence electrons. The van der Waals surface area contributed by atoms with Gasteiger partial charge in [0.1, 0.15) is 0 Å². The molecule has 2 aromatic heterocycles. The Hall–Kier alpha value is -1.89. The first kappa shape index (κ1) is 17.5. The van der Waals surface area contributed by atoms with Crippen LogP contribution < -0.4 is 5.32 Å². The lowest BCUT2D eigenvalue weighted by molar-refractivity contribution is 0.0926. The van der Waals surface area contributed by atoms with Crippen molar-refractivity contribution < 1.29 is 4.79 Å². The van der Waals surface area contributed by atoms with E-state index in [1.807, 2.05) is 24.5 Å². The number of halogens is 1. The molecule has 1 unspecified atom stereocenters. The highest BCUT2D eigenvalue weighted by atomic mass is 35.5. The molecule has 5 nitrogen and oxygen atoms in total. The van der Waals surface area contributed by atoms with Gasteiger partial charge in [0.05, 0.1) is 16.6 Å². The number of nitrogens with zero attached hydrogens (tertiary/aromatic N) is 2. The summed E-state index contributed by atoms with van der Waals surface area (Å²) >= 11 is 7.95. The molecule has 26 heavy (non-hydrogen) atoms. The van der Waals surface area contributed by atoms with Gasteiger partial charge in [0.15, 0.2) is 0 Å². The molecule has 1 aliphatic heterocycles. The van der Waals surface area contributed by atoms with Crippen molar-refractivity contribution >= 4 is 39.9 Å². The largest absolute Gasteiger partial charge is 0.361 e. The van der Waals surface area contributed by atoms with Gasteiger partial charge in [-0.1, -0.05) is 18.0 Å². The third kappa shape index (κ3) is 3.49. The lowest BCUT2D eigenvalue weighted by Gasteiger charge is -2.34. The summed E-state index contributed by atoms with van der Waals surface area (Å²) in [5.74, 6) is -0.135. The van der Waals surface area contributed by atoms with Gasteiger partial charge in [-0.3, -0.25) is 9.69 Å². The Labute approximate surface area is 161 Å². The van der Waals surface area contributed by atoms with Crippen LogP contribution in [0, 0.1) is 0 Å². The van der Waals surface area contributed by atoms with Crippen molar-refractivity contribution in [1.82, 2.24) is 19.6 Å². The fraction of sp³-hybridized carbons (Fsp3) is 0.368. The molecule has 4 rings (SSSR count). The first-order valence-corrected chi connectivity index (χ1v) is 10.1. The number of amides is 1. The number of fused-ring (bicyclic) bond motifs is 1. The van der Waals surface area contributed by atoms with E-state index in [0.29, 0.717) is 17.1 Å². The van der Waals surface area contributed by atoms with Crippen LogP contribution in [0.15, 0.2) is 36.7 Å². The molecule has 0 saturated carbocycles. The molecule has 1 amide bonds. The van der Waals surface area contributed by atoms with Crippen LogP contribution in [0.3, 0.4) is 0 Å². The molecule has 0 radical (unpaired) electrons. The lowest BCUT2D eigenvalue weighted by atomic mass is 10.1. The summed E-state index contributed by atoms with van der Waals surface area (Å²) in [5.41, 5.74) is 1.45. The van der Waals surface area contributed by atoms with Crippen LogP contribution in [0.1, 0.15) is 40.5 Å². The molecule has 1 atom stereocenters. The monoisotopic (exact) mass is 388 g/mol. The van der Waals surface area contributed by atoms with Crippen LogP contribution >= 0.6 is 23.1 Å². The first-order chi connectivity index (χ1) is 12.7. The van der Waals surface area contributed by atoms with E-state index in [1.165, 1.54) is 35.7 Å². The molecule has 2 N–H and O–H groups in total. The fourth-order valence-electron chi connectivity index (χ4n) is 3.59. The molecular weight excluding hydrogens is 368 g/mol. The lowest BCUT2D eigenvalue weighted by Crippen LogP contribution is -2.40. The average Bonchev–Trinajstić information content (AvgIpc) is 3.35. The zero-order valence-corrected chi connectivity index (χ0v) is 15.9. The van der Waals surface area contributed by atoms with Crippen molar-refractivity contribution in [3.8, 4) is 0 Å². The Morgan fingerprint density at radius 1 is 1.27 bits per heavy atom. The highest BCUT2D eigenvalue weighted by Crippen LogP contribution is 2.28. The maximum atomic E-state index is 12.8. The van der Waals surface area contributed by atoms with E-state index in [1.54, 1.807) is 6.07 Å². The summed E-state index contributed by atoms with van der Waals surface area (Å²) in [5, 5.41) is 4.45. The van der Waals surface area contributed by atoms with Crippen molar-refractivity contribution in [2.75, 3.05) is 19.6 Å².